The zero-order chi connectivity index (χ0) is 13.0. The van der Waals surface area contributed by atoms with E-state index < -0.39 is 34.4 Å². The summed E-state index contributed by atoms with van der Waals surface area (Å²) in [4.78, 5) is 0. The zero-order valence-electron chi connectivity index (χ0n) is 9.73. The van der Waals surface area contributed by atoms with E-state index in [-0.39, 0.29) is 6.42 Å². The number of halogens is 3. The smallest absolute Gasteiger partial charge is 0.242 e. The summed E-state index contributed by atoms with van der Waals surface area (Å²) < 4.78 is 50.2. The maximum absolute atomic E-state index is 12.2. The van der Waals surface area contributed by atoms with Gasteiger partial charge in [-0.2, -0.15) is 13.2 Å². The molecule has 0 aromatic rings. The van der Waals surface area contributed by atoms with E-state index in [9.17, 15) is 17.4 Å². The minimum Gasteiger partial charge on any atom is -0.242 e. The number of alkyl halides is 3. The molecule has 0 heterocycles. The van der Waals surface area contributed by atoms with Crippen molar-refractivity contribution < 1.29 is 17.4 Å². The second-order valence-corrected chi connectivity index (χ2v) is 6.54. The molecule has 0 aliphatic heterocycles. The van der Waals surface area contributed by atoms with Gasteiger partial charge in [-0.15, -0.1) is 6.58 Å². The fraction of sp³-hybridized carbons (Fsp3) is 0.800. The number of hydrogen-bond acceptors (Lipinski definition) is 1. The Morgan fingerprint density at radius 1 is 1.38 bits per heavy atom. The molecule has 0 saturated heterocycles. The summed E-state index contributed by atoms with van der Waals surface area (Å²) in [5.74, 6) is 0. The van der Waals surface area contributed by atoms with Crippen molar-refractivity contribution in [1.82, 2.24) is 4.72 Å². The number of nitrogens with one attached hydrogen (secondary N) is 1. The minimum atomic E-state index is -4.26. The second-order valence-electron chi connectivity index (χ2n) is 4.54. The monoisotopic (exact) mass is 257 g/mol. The molecule has 0 aromatic heterocycles. The van der Waals surface area contributed by atoms with Crippen molar-refractivity contribution in [1.29, 1.82) is 0 Å². The van der Waals surface area contributed by atoms with Crippen LogP contribution in [0, 0.1) is 0 Å². The molecule has 96 valence electrons. The van der Waals surface area contributed by atoms with Gasteiger partial charge in [0, 0.05) is 6.04 Å². The lowest BCUT2D eigenvalue weighted by Gasteiger charge is -2.24. The van der Waals surface area contributed by atoms with E-state index in [1.165, 1.54) is 6.08 Å². The molecular weight excluding hydrogens is 239 g/mol. The summed E-state index contributed by atoms with van der Waals surface area (Å²) in [6, 6.07) is -0.877. The van der Waals surface area contributed by atoms with Gasteiger partial charge in [0.15, 0.2) is 0 Å². The first-order valence-corrected chi connectivity index (χ1v) is 6.07. The van der Waals surface area contributed by atoms with Crippen molar-refractivity contribution in [3.05, 3.63) is 12.7 Å². The van der Waals surface area contributed by atoms with E-state index in [0.29, 0.717) is 0 Å². The van der Waals surface area contributed by atoms with Gasteiger partial charge in [-0.1, -0.05) is 6.08 Å². The molecule has 2 atom stereocenters. The van der Waals surface area contributed by atoms with Gasteiger partial charge in [0.1, 0.15) is 0 Å². The van der Waals surface area contributed by atoms with Gasteiger partial charge in [-0.3, -0.25) is 0 Å². The Hall–Kier alpha value is -0.360. The third-order valence-corrected chi connectivity index (χ3v) is 3.42. The molecule has 2 nitrogen and oxygen atoms in total. The summed E-state index contributed by atoms with van der Waals surface area (Å²) >= 11 is 0. The predicted octanol–water partition coefficient (Wildman–Crippen LogP) is 2.94. The Morgan fingerprint density at radius 3 is 2.19 bits per heavy atom. The maximum Gasteiger partial charge on any atom is 0.390 e. The van der Waals surface area contributed by atoms with Crippen molar-refractivity contribution >= 4 is 11.0 Å². The molecule has 0 amide bonds. The van der Waals surface area contributed by atoms with Crippen LogP contribution in [0.5, 0.6) is 0 Å². The molecule has 2 unspecified atom stereocenters. The summed E-state index contributed by atoms with van der Waals surface area (Å²) in [6.07, 6.45) is -3.73. The molecule has 16 heavy (non-hydrogen) atoms. The fourth-order valence-electron chi connectivity index (χ4n) is 0.982. The average molecular weight is 257 g/mol. The first-order valence-electron chi connectivity index (χ1n) is 4.92. The van der Waals surface area contributed by atoms with Crippen LogP contribution in [0.1, 0.15) is 33.6 Å². The maximum atomic E-state index is 12.2. The molecule has 0 aliphatic rings. The van der Waals surface area contributed by atoms with Crippen LogP contribution in [0.3, 0.4) is 0 Å². The van der Waals surface area contributed by atoms with E-state index in [4.69, 9.17) is 0 Å². The molecule has 0 spiro atoms. The molecular formula is C10H18F3NOS. The van der Waals surface area contributed by atoms with E-state index >= 15 is 0 Å². The highest BCUT2D eigenvalue weighted by molar-refractivity contribution is 7.84. The third-order valence-electron chi connectivity index (χ3n) is 1.76. The summed E-state index contributed by atoms with van der Waals surface area (Å²) in [6.45, 7) is 8.50. The van der Waals surface area contributed by atoms with Crippen molar-refractivity contribution in [2.24, 2.45) is 0 Å². The van der Waals surface area contributed by atoms with Crippen LogP contribution in [0.25, 0.3) is 0 Å². The predicted molar refractivity (Wildman–Crippen MR) is 60.3 cm³/mol. The summed E-state index contributed by atoms with van der Waals surface area (Å²) in [5, 5.41) is 0. The van der Waals surface area contributed by atoms with E-state index in [1.54, 1.807) is 20.8 Å². The average Bonchev–Trinajstić information content (AvgIpc) is 1.99. The molecule has 0 fully saturated rings. The van der Waals surface area contributed by atoms with Crippen LogP contribution in [0.15, 0.2) is 12.7 Å². The topological polar surface area (TPSA) is 29.1 Å². The van der Waals surface area contributed by atoms with E-state index in [0.717, 1.165) is 0 Å². The van der Waals surface area contributed by atoms with Crippen molar-refractivity contribution in [2.75, 3.05) is 0 Å². The number of rotatable bonds is 5. The second kappa shape index (κ2) is 5.82. The normalized spacial score (nSPS) is 16.9. The first-order chi connectivity index (χ1) is 7.06. The Balaban J connectivity index is 4.46. The molecule has 0 rings (SSSR count). The molecule has 0 bridgehead atoms. The fourth-order valence-corrected chi connectivity index (χ4v) is 1.82. The highest BCUT2D eigenvalue weighted by Gasteiger charge is 2.33. The quantitative estimate of drug-likeness (QED) is 0.754. The van der Waals surface area contributed by atoms with Crippen molar-refractivity contribution in [2.45, 2.75) is 50.6 Å². The van der Waals surface area contributed by atoms with Crippen molar-refractivity contribution in [3.8, 4) is 0 Å². The van der Waals surface area contributed by atoms with E-state index in [1.807, 2.05) is 0 Å². The molecule has 0 saturated carbocycles. The molecule has 6 heteroatoms. The standard InChI is InChI=1S/C10H18F3NOS/c1-5-6-8(7-10(11,12)13)14-16(15)9(2,3)4/h5,8,14H,1,6-7H2,2-4H3. The Morgan fingerprint density at radius 2 is 1.88 bits per heavy atom. The zero-order valence-corrected chi connectivity index (χ0v) is 10.5. The van der Waals surface area contributed by atoms with E-state index in [2.05, 4.69) is 11.3 Å². The highest BCUT2D eigenvalue weighted by Crippen LogP contribution is 2.23. The van der Waals surface area contributed by atoms with Crippen LogP contribution in [-0.2, 0) is 11.0 Å². The van der Waals surface area contributed by atoms with Gasteiger partial charge in [-0.05, 0) is 27.2 Å². The Labute approximate surface area is 96.9 Å². The minimum absolute atomic E-state index is 0.140. The molecule has 0 aliphatic carbocycles. The molecule has 0 radical (unpaired) electrons. The van der Waals surface area contributed by atoms with Gasteiger partial charge >= 0.3 is 6.18 Å². The molecule has 1 N–H and O–H groups in total. The Bertz CT molecular complexity index is 258. The van der Waals surface area contributed by atoms with Gasteiger partial charge < -0.3 is 0 Å². The largest absolute Gasteiger partial charge is 0.390 e. The summed E-state index contributed by atoms with van der Waals surface area (Å²) in [7, 11) is -1.50. The van der Waals surface area contributed by atoms with Crippen LogP contribution < -0.4 is 4.72 Å². The van der Waals surface area contributed by atoms with Gasteiger partial charge in [0.2, 0.25) is 0 Å². The Kier molecular flexibility index (Phi) is 5.69. The van der Waals surface area contributed by atoms with Gasteiger partial charge in [0.25, 0.3) is 0 Å². The van der Waals surface area contributed by atoms with Gasteiger partial charge in [-0.25, -0.2) is 8.93 Å². The van der Waals surface area contributed by atoms with Crippen LogP contribution >= 0.6 is 0 Å². The van der Waals surface area contributed by atoms with Crippen molar-refractivity contribution in [3.63, 3.8) is 0 Å². The highest BCUT2D eigenvalue weighted by atomic mass is 32.2. The first kappa shape index (κ1) is 15.6. The van der Waals surface area contributed by atoms with Crippen LogP contribution in [-0.4, -0.2) is 21.2 Å². The van der Waals surface area contributed by atoms with Crippen LogP contribution in [0.2, 0.25) is 0 Å². The lowest BCUT2D eigenvalue weighted by Crippen LogP contribution is -2.41. The van der Waals surface area contributed by atoms with Crippen LogP contribution in [0.4, 0.5) is 13.2 Å². The van der Waals surface area contributed by atoms with Gasteiger partial charge in [0.05, 0.1) is 22.2 Å². The number of hydrogen-bond donors (Lipinski definition) is 1. The SMILES string of the molecule is C=CCC(CC(F)(F)F)NS(=O)C(C)(C)C. The lowest BCUT2D eigenvalue weighted by atomic mass is 10.1. The molecule has 0 aromatic carbocycles. The lowest BCUT2D eigenvalue weighted by molar-refractivity contribution is -0.138. The summed E-state index contributed by atoms with van der Waals surface area (Å²) in [5.41, 5.74) is 0. The third kappa shape index (κ3) is 7.00.